The summed E-state index contributed by atoms with van der Waals surface area (Å²) in [6, 6.07) is 13.7. The van der Waals surface area contributed by atoms with E-state index < -0.39 is 0 Å². The molecule has 2 aromatic rings. The average molecular weight is 389 g/mol. The summed E-state index contributed by atoms with van der Waals surface area (Å²) < 4.78 is 10.8. The Morgan fingerprint density at radius 3 is 2.89 bits per heavy atom. The largest absolute Gasteiger partial charge is 0.493 e. The number of ether oxygens (including phenoxy) is 2. The van der Waals surface area contributed by atoms with Crippen LogP contribution in [0.15, 0.2) is 55.1 Å². The Labute approximate surface area is 166 Å². The smallest absolute Gasteiger partial charge is 0.251 e. The van der Waals surface area contributed by atoms with Gasteiger partial charge in [-0.3, -0.25) is 4.79 Å². The number of halogens is 1. The molecule has 0 aromatic heterocycles. The highest BCUT2D eigenvalue weighted by Crippen LogP contribution is 2.28. The summed E-state index contributed by atoms with van der Waals surface area (Å²) in [6.07, 6.45) is 2.68. The number of benzene rings is 2. The molecule has 0 radical (unpaired) electrons. The topological polar surface area (TPSA) is 59.6 Å². The lowest BCUT2D eigenvalue weighted by atomic mass is 9.94. The Kier molecular flexibility index (Phi) is 7.70. The van der Waals surface area contributed by atoms with Crippen LogP contribution in [0.4, 0.5) is 0 Å². The van der Waals surface area contributed by atoms with Gasteiger partial charge in [0.1, 0.15) is 6.61 Å². The molecule has 0 aliphatic carbocycles. The highest BCUT2D eigenvalue weighted by atomic mass is 35.5. The molecule has 1 heterocycles. The Balaban J connectivity index is 0.00000261. The van der Waals surface area contributed by atoms with Gasteiger partial charge in [0.15, 0.2) is 11.5 Å². The van der Waals surface area contributed by atoms with Gasteiger partial charge < -0.3 is 20.1 Å². The minimum atomic E-state index is -0.136. The Morgan fingerprint density at radius 2 is 2.11 bits per heavy atom. The molecule has 3 rings (SSSR count). The number of carbonyl (C=O) groups is 1. The first-order valence-electron chi connectivity index (χ1n) is 8.74. The third-order valence-corrected chi connectivity index (χ3v) is 4.46. The maximum Gasteiger partial charge on any atom is 0.251 e. The van der Waals surface area contributed by atoms with Crippen molar-refractivity contribution in [1.82, 2.24) is 10.6 Å². The van der Waals surface area contributed by atoms with Crippen molar-refractivity contribution in [3.8, 4) is 11.5 Å². The van der Waals surface area contributed by atoms with E-state index in [4.69, 9.17) is 9.47 Å². The Bertz CT molecular complexity index is 795. The summed E-state index contributed by atoms with van der Waals surface area (Å²) in [6.45, 7) is 5.46. The van der Waals surface area contributed by atoms with Crippen LogP contribution in [0.3, 0.4) is 0 Å². The molecule has 0 fully saturated rings. The number of rotatable bonds is 7. The molecule has 0 saturated heterocycles. The van der Waals surface area contributed by atoms with Gasteiger partial charge in [0.2, 0.25) is 0 Å². The zero-order valence-electron chi connectivity index (χ0n) is 15.4. The van der Waals surface area contributed by atoms with Gasteiger partial charge in [0.25, 0.3) is 5.91 Å². The number of methoxy groups -OCH3 is 1. The lowest BCUT2D eigenvalue weighted by Crippen LogP contribution is -2.38. The molecule has 2 aromatic carbocycles. The lowest BCUT2D eigenvalue weighted by molar-refractivity contribution is 0.0948. The molecular formula is C21H25ClN2O3. The van der Waals surface area contributed by atoms with Crippen molar-refractivity contribution in [3.63, 3.8) is 0 Å². The second kappa shape index (κ2) is 10.00. The molecule has 1 atom stereocenters. The summed E-state index contributed by atoms with van der Waals surface area (Å²) in [7, 11) is 1.56. The van der Waals surface area contributed by atoms with Gasteiger partial charge in [-0.05, 0) is 42.3 Å². The monoisotopic (exact) mass is 388 g/mol. The molecule has 6 heteroatoms. The fraction of sp³-hybridized carbons (Fsp3) is 0.286. The van der Waals surface area contributed by atoms with Crippen LogP contribution in [-0.4, -0.2) is 32.7 Å². The van der Waals surface area contributed by atoms with Crippen LogP contribution in [0.1, 0.15) is 27.5 Å². The standard InChI is InChI=1S/C21H24N2O3.ClH/c1-3-12-26-19-9-8-16(13-20(19)25-2)21(24)23-14-18-17-7-5-4-6-15(17)10-11-22-18;/h3-9,13,18,22H,1,10-12,14H2,2H3,(H,23,24);1H. The van der Waals surface area contributed by atoms with Crippen LogP contribution in [0, 0.1) is 0 Å². The Morgan fingerprint density at radius 1 is 1.30 bits per heavy atom. The first-order chi connectivity index (χ1) is 12.7. The highest BCUT2D eigenvalue weighted by molar-refractivity contribution is 5.94. The quantitative estimate of drug-likeness (QED) is 0.714. The summed E-state index contributed by atoms with van der Waals surface area (Å²) in [5.74, 6) is 0.982. The minimum Gasteiger partial charge on any atom is -0.493 e. The SMILES string of the molecule is C=CCOc1ccc(C(=O)NCC2NCCc3ccccc32)cc1OC.Cl. The fourth-order valence-corrected chi connectivity index (χ4v) is 3.15. The third kappa shape index (κ3) is 5.02. The molecule has 1 aliphatic heterocycles. The predicted octanol–water partition coefficient (Wildman–Crippen LogP) is 3.30. The maximum absolute atomic E-state index is 12.5. The highest BCUT2D eigenvalue weighted by Gasteiger charge is 2.20. The minimum absolute atomic E-state index is 0. The first kappa shape index (κ1) is 20.8. The van der Waals surface area contributed by atoms with Crippen LogP contribution in [0.5, 0.6) is 11.5 Å². The summed E-state index contributed by atoms with van der Waals surface area (Å²) in [5, 5.41) is 6.48. The van der Waals surface area contributed by atoms with Crippen LogP contribution < -0.4 is 20.1 Å². The first-order valence-corrected chi connectivity index (χ1v) is 8.74. The number of hydrogen-bond donors (Lipinski definition) is 2. The second-order valence-corrected chi connectivity index (χ2v) is 6.13. The van der Waals surface area contributed by atoms with E-state index in [1.165, 1.54) is 11.1 Å². The summed E-state index contributed by atoms with van der Waals surface area (Å²) in [5.41, 5.74) is 3.14. The van der Waals surface area contributed by atoms with Crippen LogP contribution >= 0.6 is 12.4 Å². The van der Waals surface area contributed by atoms with Gasteiger partial charge in [-0.25, -0.2) is 0 Å². The maximum atomic E-state index is 12.5. The number of fused-ring (bicyclic) bond motifs is 1. The van der Waals surface area contributed by atoms with Crippen LogP contribution in [0.25, 0.3) is 0 Å². The molecule has 0 spiro atoms. The second-order valence-electron chi connectivity index (χ2n) is 6.13. The van der Waals surface area contributed by atoms with Crippen molar-refractivity contribution in [2.24, 2.45) is 0 Å². The van der Waals surface area contributed by atoms with E-state index in [1.54, 1.807) is 31.4 Å². The molecule has 0 saturated carbocycles. The zero-order valence-corrected chi connectivity index (χ0v) is 16.2. The van der Waals surface area contributed by atoms with E-state index in [1.807, 2.05) is 6.07 Å². The van der Waals surface area contributed by atoms with Crippen molar-refractivity contribution in [3.05, 3.63) is 71.8 Å². The number of amides is 1. The molecule has 27 heavy (non-hydrogen) atoms. The van der Waals surface area contributed by atoms with Crippen LogP contribution in [-0.2, 0) is 6.42 Å². The van der Waals surface area contributed by atoms with Crippen molar-refractivity contribution in [2.45, 2.75) is 12.5 Å². The molecule has 1 aliphatic rings. The number of nitrogens with one attached hydrogen (secondary N) is 2. The third-order valence-electron chi connectivity index (χ3n) is 4.46. The Hall–Kier alpha value is -2.50. The van der Waals surface area contributed by atoms with Gasteiger partial charge >= 0.3 is 0 Å². The molecule has 1 amide bonds. The normalized spacial score (nSPS) is 15.1. The van der Waals surface area contributed by atoms with E-state index in [0.717, 1.165) is 13.0 Å². The molecule has 2 N–H and O–H groups in total. The fourth-order valence-electron chi connectivity index (χ4n) is 3.15. The van der Waals surface area contributed by atoms with Crippen molar-refractivity contribution < 1.29 is 14.3 Å². The molecule has 0 bridgehead atoms. The van der Waals surface area contributed by atoms with Crippen molar-refractivity contribution >= 4 is 18.3 Å². The van der Waals surface area contributed by atoms with E-state index >= 15 is 0 Å². The number of carbonyl (C=O) groups excluding carboxylic acids is 1. The lowest BCUT2D eigenvalue weighted by Gasteiger charge is -2.27. The van der Waals surface area contributed by atoms with Gasteiger partial charge in [0, 0.05) is 18.2 Å². The van der Waals surface area contributed by atoms with E-state index in [-0.39, 0.29) is 24.4 Å². The molecular weight excluding hydrogens is 364 g/mol. The summed E-state index contributed by atoms with van der Waals surface area (Å²) in [4.78, 5) is 12.5. The van der Waals surface area contributed by atoms with Crippen molar-refractivity contribution in [2.75, 3.05) is 26.8 Å². The van der Waals surface area contributed by atoms with Crippen LogP contribution in [0.2, 0.25) is 0 Å². The van der Waals surface area contributed by atoms with E-state index in [2.05, 4.69) is 35.4 Å². The summed E-state index contributed by atoms with van der Waals surface area (Å²) >= 11 is 0. The van der Waals surface area contributed by atoms with Gasteiger partial charge in [-0.15, -0.1) is 12.4 Å². The average Bonchev–Trinajstić information content (AvgIpc) is 2.70. The van der Waals surface area contributed by atoms with E-state index in [0.29, 0.717) is 30.2 Å². The van der Waals surface area contributed by atoms with Crippen molar-refractivity contribution in [1.29, 1.82) is 0 Å². The molecule has 144 valence electrons. The number of hydrogen-bond acceptors (Lipinski definition) is 4. The van der Waals surface area contributed by atoms with Gasteiger partial charge in [0.05, 0.1) is 7.11 Å². The molecule has 1 unspecified atom stereocenters. The predicted molar refractivity (Wildman–Crippen MR) is 109 cm³/mol. The van der Waals surface area contributed by atoms with Gasteiger partial charge in [-0.1, -0.05) is 36.9 Å². The molecule has 5 nitrogen and oxygen atoms in total. The van der Waals surface area contributed by atoms with Gasteiger partial charge in [-0.2, -0.15) is 0 Å². The zero-order chi connectivity index (χ0) is 18.4. The van der Waals surface area contributed by atoms with E-state index in [9.17, 15) is 4.79 Å².